The Kier molecular flexibility index (Phi) is 4.38. The van der Waals surface area contributed by atoms with Crippen LogP contribution in [0.15, 0.2) is 24.3 Å². The van der Waals surface area contributed by atoms with Gasteiger partial charge in [-0.15, -0.1) is 0 Å². The van der Waals surface area contributed by atoms with E-state index in [9.17, 15) is 0 Å². The molecule has 0 aliphatic heterocycles. The zero-order valence-electron chi connectivity index (χ0n) is 10.6. The zero-order chi connectivity index (χ0) is 12.1. The topological polar surface area (TPSA) is 9.23 Å². The smallest absolute Gasteiger partial charge is 0.119 e. The summed E-state index contributed by atoms with van der Waals surface area (Å²) in [4.78, 5) is 0. The lowest BCUT2D eigenvalue weighted by atomic mass is 9.90. The summed E-state index contributed by atoms with van der Waals surface area (Å²) in [5.41, 5.74) is 1.69. The van der Waals surface area contributed by atoms with Crippen LogP contribution < -0.4 is 4.74 Å². The van der Waals surface area contributed by atoms with Crippen LogP contribution in [0.1, 0.15) is 38.2 Å². The predicted molar refractivity (Wildman–Crippen MR) is 76.1 cm³/mol. The molecule has 1 aromatic carbocycles. The number of aryl methyl sites for hydroxylation is 1. The minimum Gasteiger partial charge on any atom is -0.493 e. The van der Waals surface area contributed by atoms with Gasteiger partial charge in [-0.2, -0.15) is 12.6 Å². The molecular weight excluding hydrogens is 228 g/mol. The van der Waals surface area contributed by atoms with Crippen molar-refractivity contribution in [1.82, 2.24) is 0 Å². The van der Waals surface area contributed by atoms with E-state index in [0.29, 0.717) is 5.41 Å². The van der Waals surface area contributed by atoms with Gasteiger partial charge < -0.3 is 4.74 Å². The normalized spacial score (nSPS) is 18.2. The van der Waals surface area contributed by atoms with Crippen molar-refractivity contribution in [1.29, 1.82) is 0 Å². The lowest BCUT2D eigenvalue weighted by molar-refractivity contribution is 0.173. The summed E-state index contributed by atoms with van der Waals surface area (Å²) in [5, 5.41) is 0. The second-order valence-electron chi connectivity index (χ2n) is 5.15. The van der Waals surface area contributed by atoms with E-state index in [0.717, 1.165) is 24.5 Å². The molecule has 0 amide bonds. The third kappa shape index (κ3) is 3.19. The fourth-order valence-corrected chi connectivity index (χ4v) is 2.94. The van der Waals surface area contributed by atoms with Crippen LogP contribution in [-0.2, 0) is 6.42 Å². The maximum absolute atomic E-state index is 5.93. The van der Waals surface area contributed by atoms with Gasteiger partial charge in [0.25, 0.3) is 0 Å². The second kappa shape index (κ2) is 5.81. The first-order valence-corrected chi connectivity index (χ1v) is 7.24. The Labute approximate surface area is 110 Å². The summed E-state index contributed by atoms with van der Waals surface area (Å²) in [6.45, 7) is 2.99. The van der Waals surface area contributed by atoms with Gasteiger partial charge in [0.2, 0.25) is 0 Å². The molecule has 0 radical (unpaired) electrons. The van der Waals surface area contributed by atoms with Crippen molar-refractivity contribution in [3.05, 3.63) is 29.8 Å². The summed E-state index contributed by atoms with van der Waals surface area (Å²) in [7, 11) is 0. The summed E-state index contributed by atoms with van der Waals surface area (Å²) in [5.74, 6) is 1.94. The molecule has 0 saturated heterocycles. The molecule has 1 nitrogen and oxygen atoms in total. The van der Waals surface area contributed by atoms with Crippen LogP contribution in [0.3, 0.4) is 0 Å². The van der Waals surface area contributed by atoms with E-state index in [1.165, 1.54) is 31.2 Å². The van der Waals surface area contributed by atoms with Crippen LogP contribution in [0.25, 0.3) is 0 Å². The molecule has 0 bridgehead atoms. The van der Waals surface area contributed by atoms with E-state index < -0.39 is 0 Å². The first-order chi connectivity index (χ1) is 8.28. The molecule has 0 heterocycles. The zero-order valence-corrected chi connectivity index (χ0v) is 11.5. The van der Waals surface area contributed by atoms with E-state index in [1.54, 1.807) is 0 Å². The van der Waals surface area contributed by atoms with E-state index in [1.807, 2.05) is 0 Å². The van der Waals surface area contributed by atoms with Crippen LogP contribution >= 0.6 is 12.6 Å². The second-order valence-corrected chi connectivity index (χ2v) is 5.47. The summed E-state index contributed by atoms with van der Waals surface area (Å²) >= 11 is 4.50. The average Bonchev–Trinajstić information content (AvgIpc) is 2.86. The molecule has 94 valence electrons. The van der Waals surface area contributed by atoms with Gasteiger partial charge in [-0.05, 0) is 42.7 Å². The van der Waals surface area contributed by atoms with Gasteiger partial charge in [-0.1, -0.05) is 31.9 Å². The summed E-state index contributed by atoms with van der Waals surface area (Å²) in [6, 6.07) is 8.47. The Balaban J connectivity index is 1.92. The van der Waals surface area contributed by atoms with E-state index in [4.69, 9.17) is 4.74 Å². The maximum atomic E-state index is 5.93. The number of hydrogen-bond acceptors (Lipinski definition) is 2. The molecule has 0 unspecified atom stereocenters. The first-order valence-electron chi connectivity index (χ1n) is 6.61. The SMILES string of the molecule is CCc1ccc(OCC2(CS)CCCC2)cc1. The predicted octanol–water partition coefficient (Wildman–Crippen LogP) is 4.12. The fraction of sp³-hybridized carbons (Fsp3) is 0.600. The fourth-order valence-electron chi connectivity index (χ4n) is 2.53. The molecule has 17 heavy (non-hydrogen) atoms. The molecule has 0 atom stereocenters. The third-order valence-corrected chi connectivity index (χ3v) is 4.55. The minimum absolute atomic E-state index is 0.326. The molecule has 1 aliphatic carbocycles. The number of rotatable bonds is 5. The molecule has 1 fully saturated rings. The number of hydrogen-bond donors (Lipinski definition) is 1. The first kappa shape index (κ1) is 12.8. The van der Waals surface area contributed by atoms with Crippen molar-refractivity contribution < 1.29 is 4.74 Å². The van der Waals surface area contributed by atoms with Crippen molar-refractivity contribution in [3.63, 3.8) is 0 Å². The minimum atomic E-state index is 0.326. The van der Waals surface area contributed by atoms with Crippen molar-refractivity contribution in [2.45, 2.75) is 39.0 Å². The van der Waals surface area contributed by atoms with Crippen LogP contribution in [0.2, 0.25) is 0 Å². The largest absolute Gasteiger partial charge is 0.493 e. The Bertz CT molecular complexity index is 338. The Morgan fingerprint density at radius 2 is 1.82 bits per heavy atom. The van der Waals surface area contributed by atoms with Gasteiger partial charge in [0.1, 0.15) is 5.75 Å². The highest BCUT2D eigenvalue weighted by Crippen LogP contribution is 2.39. The van der Waals surface area contributed by atoms with Gasteiger partial charge in [0, 0.05) is 5.41 Å². The molecule has 0 N–H and O–H groups in total. The van der Waals surface area contributed by atoms with E-state index >= 15 is 0 Å². The van der Waals surface area contributed by atoms with Crippen LogP contribution in [-0.4, -0.2) is 12.4 Å². The highest BCUT2D eigenvalue weighted by molar-refractivity contribution is 7.80. The van der Waals surface area contributed by atoms with Gasteiger partial charge in [0.15, 0.2) is 0 Å². The summed E-state index contributed by atoms with van der Waals surface area (Å²) in [6.07, 6.45) is 6.28. The van der Waals surface area contributed by atoms with Gasteiger partial charge in [-0.25, -0.2) is 0 Å². The van der Waals surface area contributed by atoms with E-state index in [2.05, 4.69) is 43.8 Å². The molecule has 2 rings (SSSR count). The highest BCUT2D eigenvalue weighted by atomic mass is 32.1. The van der Waals surface area contributed by atoms with E-state index in [-0.39, 0.29) is 0 Å². The standard InChI is InChI=1S/C15H22OS/c1-2-13-5-7-14(8-6-13)16-11-15(12-17)9-3-4-10-15/h5-8,17H,2-4,9-12H2,1H3. The lowest BCUT2D eigenvalue weighted by Gasteiger charge is -2.26. The Morgan fingerprint density at radius 3 is 2.35 bits per heavy atom. The number of thiol groups is 1. The van der Waals surface area contributed by atoms with Crippen molar-refractivity contribution in [2.24, 2.45) is 5.41 Å². The Hall–Kier alpha value is -0.630. The lowest BCUT2D eigenvalue weighted by Crippen LogP contribution is -2.27. The molecule has 0 spiro atoms. The molecule has 1 aliphatic rings. The van der Waals surface area contributed by atoms with Crippen molar-refractivity contribution in [2.75, 3.05) is 12.4 Å². The van der Waals surface area contributed by atoms with Crippen molar-refractivity contribution >= 4 is 12.6 Å². The molecule has 2 heteroatoms. The number of ether oxygens (including phenoxy) is 1. The Morgan fingerprint density at radius 1 is 1.18 bits per heavy atom. The monoisotopic (exact) mass is 250 g/mol. The quantitative estimate of drug-likeness (QED) is 0.773. The van der Waals surface area contributed by atoms with Crippen LogP contribution in [0, 0.1) is 5.41 Å². The summed E-state index contributed by atoms with van der Waals surface area (Å²) < 4.78 is 5.93. The molecule has 1 aromatic rings. The maximum Gasteiger partial charge on any atom is 0.119 e. The van der Waals surface area contributed by atoms with Gasteiger partial charge >= 0.3 is 0 Å². The molecule has 1 saturated carbocycles. The highest BCUT2D eigenvalue weighted by Gasteiger charge is 2.33. The average molecular weight is 250 g/mol. The van der Waals surface area contributed by atoms with Gasteiger partial charge in [0.05, 0.1) is 6.61 Å². The molecular formula is C15H22OS. The van der Waals surface area contributed by atoms with Crippen molar-refractivity contribution in [3.8, 4) is 5.75 Å². The third-order valence-electron chi connectivity index (χ3n) is 3.88. The van der Waals surface area contributed by atoms with Crippen LogP contribution in [0.5, 0.6) is 5.75 Å². The van der Waals surface area contributed by atoms with Crippen LogP contribution in [0.4, 0.5) is 0 Å². The van der Waals surface area contributed by atoms with Gasteiger partial charge in [-0.3, -0.25) is 0 Å². The molecule has 0 aromatic heterocycles. The number of benzene rings is 1.